The highest BCUT2D eigenvalue weighted by molar-refractivity contribution is 7.89. The van der Waals surface area contributed by atoms with Gasteiger partial charge in [0.05, 0.1) is 15.6 Å². The molecule has 9 heteroatoms. The summed E-state index contributed by atoms with van der Waals surface area (Å²) >= 11 is 6.21. The van der Waals surface area contributed by atoms with Crippen LogP contribution < -0.4 is 14.8 Å². The second-order valence-corrected chi connectivity index (χ2v) is 9.26. The molecule has 7 nitrogen and oxygen atoms in total. The van der Waals surface area contributed by atoms with Crippen LogP contribution in [0, 0.1) is 0 Å². The monoisotopic (exact) mass is 436 g/mol. The molecule has 29 heavy (non-hydrogen) atoms. The first kappa shape index (κ1) is 20.0. The number of sulfonamides is 1. The van der Waals surface area contributed by atoms with Gasteiger partial charge in [0, 0.05) is 18.7 Å². The summed E-state index contributed by atoms with van der Waals surface area (Å²) in [6.45, 7) is 1.89. The maximum atomic E-state index is 12.9. The molecule has 154 valence electrons. The van der Waals surface area contributed by atoms with E-state index in [1.165, 1.54) is 22.5 Å². The number of nitrogens with one attached hydrogen (secondary N) is 1. The third-order valence-electron chi connectivity index (χ3n) is 4.94. The van der Waals surface area contributed by atoms with Crippen LogP contribution in [-0.4, -0.2) is 44.9 Å². The largest absolute Gasteiger partial charge is 0.486 e. The molecule has 0 aliphatic carbocycles. The molecule has 2 heterocycles. The van der Waals surface area contributed by atoms with E-state index in [1.54, 1.807) is 18.2 Å². The van der Waals surface area contributed by atoms with E-state index < -0.39 is 15.9 Å². The number of rotatable bonds is 4. The van der Waals surface area contributed by atoms with Gasteiger partial charge >= 0.3 is 0 Å². The maximum absolute atomic E-state index is 12.9. The van der Waals surface area contributed by atoms with E-state index in [4.69, 9.17) is 21.1 Å². The molecule has 0 unspecified atom stereocenters. The second-order valence-electron chi connectivity index (χ2n) is 6.92. The Bertz CT molecular complexity index is 1040. The zero-order valence-corrected chi connectivity index (χ0v) is 17.3. The van der Waals surface area contributed by atoms with Crippen molar-refractivity contribution in [3.05, 3.63) is 47.0 Å². The predicted molar refractivity (Wildman–Crippen MR) is 109 cm³/mol. The highest BCUT2D eigenvalue weighted by Gasteiger charge is 2.27. The van der Waals surface area contributed by atoms with Crippen LogP contribution in [0.3, 0.4) is 0 Å². The molecule has 1 amide bonds. The van der Waals surface area contributed by atoms with Gasteiger partial charge in [0.1, 0.15) is 13.2 Å². The fourth-order valence-electron chi connectivity index (χ4n) is 3.39. The van der Waals surface area contributed by atoms with Crippen molar-refractivity contribution in [2.75, 3.05) is 31.6 Å². The Kier molecular flexibility index (Phi) is 5.67. The van der Waals surface area contributed by atoms with Gasteiger partial charge in [-0.15, -0.1) is 0 Å². The Morgan fingerprint density at radius 3 is 2.45 bits per heavy atom. The second kappa shape index (κ2) is 8.22. The van der Waals surface area contributed by atoms with Crippen LogP contribution in [0.5, 0.6) is 11.5 Å². The van der Waals surface area contributed by atoms with Crippen LogP contribution in [0.2, 0.25) is 5.02 Å². The molecule has 1 N–H and O–H groups in total. The maximum Gasteiger partial charge on any atom is 0.255 e. The summed E-state index contributed by atoms with van der Waals surface area (Å²) in [6.07, 6.45) is 2.73. The van der Waals surface area contributed by atoms with Gasteiger partial charge < -0.3 is 14.8 Å². The number of hydrogen-bond acceptors (Lipinski definition) is 5. The molecule has 1 saturated heterocycles. The van der Waals surface area contributed by atoms with Crippen LogP contribution >= 0.6 is 11.6 Å². The lowest BCUT2D eigenvalue weighted by atomic mass is 10.1. The van der Waals surface area contributed by atoms with Gasteiger partial charge in [-0.25, -0.2) is 8.42 Å². The minimum Gasteiger partial charge on any atom is -0.486 e. The fourth-order valence-corrected chi connectivity index (χ4v) is 5.10. The molecule has 0 radical (unpaired) electrons. The molecular weight excluding hydrogens is 416 g/mol. The number of fused-ring (bicyclic) bond motifs is 1. The van der Waals surface area contributed by atoms with Crippen molar-refractivity contribution in [2.24, 2.45) is 0 Å². The standard InChI is InChI=1S/C20H21ClN2O5S/c21-16-6-5-15(29(25,26)23-8-2-1-3-9-23)13-17(16)22-20(24)14-4-7-18-19(12-14)28-11-10-27-18/h4-7,12-13H,1-3,8-11H2,(H,22,24). The molecule has 2 aliphatic rings. The third kappa shape index (κ3) is 4.19. The van der Waals surface area contributed by atoms with E-state index in [1.807, 2.05) is 0 Å². The van der Waals surface area contributed by atoms with Gasteiger partial charge in [-0.2, -0.15) is 4.31 Å². The minimum atomic E-state index is -3.63. The van der Waals surface area contributed by atoms with Crippen molar-refractivity contribution in [1.29, 1.82) is 0 Å². The highest BCUT2D eigenvalue weighted by Crippen LogP contribution is 2.32. The van der Waals surface area contributed by atoms with Gasteiger partial charge in [-0.3, -0.25) is 4.79 Å². The molecule has 0 bridgehead atoms. The average molecular weight is 437 g/mol. The van der Waals surface area contributed by atoms with Crippen molar-refractivity contribution >= 4 is 33.2 Å². The summed E-state index contributed by atoms with van der Waals surface area (Å²) in [5.74, 6) is 0.660. The smallest absolute Gasteiger partial charge is 0.255 e. The zero-order chi connectivity index (χ0) is 20.4. The Morgan fingerprint density at radius 2 is 1.69 bits per heavy atom. The average Bonchev–Trinajstić information content (AvgIpc) is 2.75. The lowest BCUT2D eigenvalue weighted by molar-refractivity contribution is 0.102. The molecule has 2 aromatic carbocycles. The fraction of sp³-hybridized carbons (Fsp3) is 0.350. The minimum absolute atomic E-state index is 0.112. The van der Waals surface area contributed by atoms with Crippen LogP contribution in [0.15, 0.2) is 41.3 Å². The number of ether oxygens (including phenoxy) is 2. The topological polar surface area (TPSA) is 84.9 Å². The van der Waals surface area contributed by atoms with Crippen molar-refractivity contribution < 1.29 is 22.7 Å². The van der Waals surface area contributed by atoms with Crippen LogP contribution in [-0.2, 0) is 10.0 Å². The molecule has 0 spiro atoms. The number of hydrogen-bond donors (Lipinski definition) is 1. The summed E-state index contributed by atoms with van der Waals surface area (Å²) in [7, 11) is -3.63. The molecule has 2 aliphatic heterocycles. The van der Waals surface area contributed by atoms with Crippen LogP contribution in [0.4, 0.5) is 5.69 Å². The number of carbonyl (C=O) groups excluding carboxylic acids is 1. The van der Waals surface area contributed by atoms with E-state index in [0.29, 0.717) is 43.4 Å². The van der Waals surface area contributed by atoms with Gasteiger partial charge in [-0.1, -0.05) is 18.0 Å². The summed E-state index contributed by atoms with van der Waals surface area (Å²) in [6, 6.07) is 9.23. The van der Waals surface area contributed by atoms with Gasteiger partial charge in [0.2, 0.25) is 10.0 Å². The van der Waals surface area contributed by atoms with Gasteiger partial charge in [0.25, 0.3) is 5.91 Å². The van der Waals surface area contributed by atoms with Crippen molar-refractivity contribution in [3.63, 3.8) is 0 Å². The van der Waals surface area contributed by atoms with E-state index in [-0.39, 0.29) is 15.6 Å². The SMILES string of the molecule is O=C(Nc1cc(S(=O)(=O)N2CCCCC2)ccc1Cl)c1ccc2c(c1)OCCO2. The number of nitrogens with zero attached hydrogens (tertiary/aromatic N) is 1. The molecule has 0 aromatic heterocycles. The Labute approximate surface area is 174 Å². The normalized spacial score (nSPS) is 17.0. The van der Waals surface area contributed by atoms with E-state index in [9.17, 15) is 13.2 Å². The number of piperidine rings is 1. The quantitative estimate of drug-likeness (QED) is 0.792. The first-order chi connectivity index (χ1) is 13.9. The lowest BCUT2D eigenvalue weighted by Gasteiger charge is -2.26. The summed E-state index contributed by atoms with van der Waals surface area (Å²) in [5.41, 5.74) is 0.597. The van der Waals surface area contributed by atoms with Gasteiger partial charge in [0.15, 0.2) is 11.5 Å². The first-order valence-corrected chi connectivity index (χ1v) is 11.3. The summed E-state index contributed by atoms with van der Waals surface area (Å²) < 4.78 is 38.3. The Hall–Kier alpha value is -2.29. The van der Waals surface area contributed by atoms with Crippen LogP contribution in [0.25, 0.3) is 0 Å². The zero-order valence-electron chi connectivity index (χ0n) is 15.7. The molecule has 0 saturated carbocycles. The van der Waals surface area contributed by atoms with E-state index >= 15 is 0 Å². The summed E-state index contributed by atoms with van der Waals surface area (Å²) in [4.78, 5) is 12.8. The molecular formula is C20H21ClN2O5S. The van der Waals surface area contributed by atoms with Crippen LogP contribution in [0.1, 0.15) is 29.6 Å². The molecule has 1 fully saturated rings. The van der Waals surface area contributed by atoms with Crippen molar-refractivity contribution in [2.45, 2.75) is 24.2 Å². The number of carbonyl (C=O) groups is 1. The molecule has 0 atom stereocenters. The van der Waals surface area contributed by atoms with E-state index in [0.717, 1.165) is 19.3 Å². The number of amides is 1. The van der Waals surface area contributed by atoms with E-state index in [2.05, 4.69) is 5.32 Å². The Balaban J connectivity index is 1.57. The van der Waals surface area contributed by atoms with Crippen molar-refractivity contribution in [1.82, 2.24) is 4.31 Å². The molecule has 4 rings (SSSR count). The number of benzene rings is 2. The van der Waals surface area contributed by atoms with Crippen molar-refractivity contribution in [3.8, 4) is 11.5 Å². The lowest BCUT2D eigenvalue weighted by Crippen LogP contribution is -2.35. The predicted octanol–water partition coefficient (Wildman–Crippen LogP) is 3.54. The number of halogens is 1. The highest BCUT2D eigenvalue weighted by atomic mass is 35.5. The summed E-state index contributed by atoms with van der Waals surface area (Å²) in [5, 5.41) is 2.96. The van der Waals surface area contributed by atoms with Gasteiger partial charge in [-0.05, 0) is 49.2 Å². The third-order valence-corrected chi connectivity index (χ3v) is 7.17. The Morgan fingerprint density at radius 1 is 0.966 bits per heavy atom. The molecule has 2 aromatic rings. The first-order valence-electron chi connectivity index (χ1n) is 9.46. The number of anilines is 1.